The molecule has 0 spiro atoms. The molecular formula is C18H27N3O5. The van der Waals surface area contributed by atoms with Gasteiger partial charge in [0.1, 0.15) is 6.61 Å². The summed E-state index contributed by atoms with van der Waals surface area (Å²) in [5.74, 6) is -0.108. The van der Waals surface area contributed by atoms with E-state index in [1.165, 1.54) is 7.11 Å². The summed E-state index contributed by atoms with van der Waals surface area (Å²) in [6, 6.07) is 5.48. The van der Waals surface area contributed by atoms with Crippen molar-refractivity contribution in [3.05, 3.63) is 23.8 Å². The molecule has 0 saturated carbocycles. The smallest absolute Gasteiger partial charge is 0.290 e. The van der Waals surface area contributed by atoms with Crippen LogP contribution in [0, 0.1) is 12.8 Å². The number of hydrogen-bond acceptors (Lipinski definition) is 5. The number of benzene rings is 1. The fourth-order valence-electron chi connectivity index (χ4n) is 2.67. The number of carboxylic acid groups (broad SMARTS) is 1. The Morgan fingerprint density at radius 3 is 2.50 bits per heavy atom. The number of amides is 2. The van der Waals surface area contributed by atoms with Gasteiger partial charge in [-0.3, -0.25) is 14.4 Å². The van der Waals surface area contributed by atoms with Crippen molar-refractivity contribution < 1.29 is 24.2 Å². The highest BCUT2D eigenvalue weighted by atomic mass is 16.5. The largest absolute Gasteiger partial charge is 0.483 e. The van der Waals surface area contributed by atoms with Crippen molar-refractivity contribution in [3.8, 4) is 0 Å². The van der Waals surface area contributed by atoms with Crippen molar-refractivity contribution in [1.82, 2.24) is 4.90 Å². The van der Waals surface area contributed by atoms with E-state index in [-0.39, 0.29) is 30.8 Å². The van der Waals surface area contributed by atoms with E-state index in [2.05, 4.69) is 22.6 Å². The molecule has 0 aromatic heterocycles. The third-order valence-electron chi connectivity index (χ3n) is 4.14. The monoisotopic (exact) mass is 365 g/mol. The quantitative estimate of drug-likeness (QED) is 0.684. The van der Waals surface area contributed by atoms with E-state index in [0.29, 0.717) is 5.69 Å². The van der Waals surface area contributed by atoms with E-state index in [9.17, 15) is 9.59 Å². The highest BCUT2D eigenvalue weighted by Gasteiger charge is 2.23. The Hall–Kier alpha value is -2.45. The Morgan fingerprint density at radius 2 is 1.92 bits per heavy atom. The second-order valence-corrected chi connectivity index (χ2v) is 6.18. The predicted octanol–water partition coefficient (Wildman–Crippen LogP) is 1.56. The molecule has 26 heavy (non-hydrogen) atoms. The van der Waals surface area contributed by atoms with Gasteiger partial charge in [0, 0.05) is 24.4 Å². The zero-order valence-corrected chi connectivity index (χ0v) is 15.4. The highest BCUT2D eigenvalue weighted by molar-refractivity contribution is 5.96. The number of methoxy groups -OCH3 is 1. The number of nitrogens with one attached hydrogen (secondary N) is 2. The van der Waals surface area contributed by atoms with Gasteiger partial charge in [0.15, 0.2) is 0 Å². The summed E-state index contributed by atoms with van der Waals surface area (Å²) in [6.07, 6.45) is 1.76. The van der Waals surface area contributed by atoms with Gasteiger partial charge in [-0.05, 0) is 57.6 Å². The van der Waals surface area contributed by atoms with Gasteiger partial charge in [-0.15, -0.1) is 0 Å². The molecule has 8 nitrogen and oxygen atoms in total. The number of anilines is 2. The van der Waals surface area contributed by atoms with Crippen LogP contribution in [0.15, 0.2) is 18.2 Å². The molecule has 1 aromatic rings. The van der Waals surface area contributed by atoms with Crippen molar-refractivity contribution >= 4 is 29.7 Å². The Labute approximate surface area is 153 Å². The van der Waals surface area contributed by atoms with E-state index in [0.717, 1.165) is 37.2 Å². The number of hydrogen-bond donors (Lipinski definition) is 3. The van der Waals surface area contributed by atoms with Crippen LogP contribution in [0.25, 0.3) is 0 Å². The molecule has 0 bridgehead atoms. The van der Waals surface area contributed by atoms with Gasteiger partial charge in [0.2, 0.25) is 11.8 Å². The minimum atomic E-state index is -0.250. The Morgan fingerprint density at radius 1 is 1.31 bits per heavy atom. The first-order valence-electron chi connectivity index (χ1n) is 8.38. The second-order valence-electron chi connectivity index (χ2n) is 6.18. The van der Waals surface area contributed by atoms with Crippen molar-refractivity contribution in [2.24, 2.45) is 5.92 Å². The number of ether oxygens (including phenoxy) is 1. The molecule has 1 heterocycles. The number of carbonyl (C=O) groups excluding carboxylic acids is 2. The molecule has 0 atom stereocenters. The zero-order valence-electron chi connectivity index (χ0n) is 15.4. The molecule has 0 unspecified atom stereocenters. The maximum Gasteiger partial charge on any atom is 0.290 e. The molecule has 1 aliphatic heterocycles. The summed E-state index contributed by atoms with van der Waals surface area (Å²) in [5.41, 5.74) is 2.36. The minimum Gasteiger partial charge on any atom is -0.483 e. The van der Waals surface area contributed by atoms with Crippen molar-refractivity contribution in [3.63, 3.8) is 0 Å². The molecule has 0 aliphatic carbocycles. The maximum absolute atomic E-state index is 12.4. The molecule has 1 aromatic carbocycles. The van der Waals surface area contributed by atoms with Gasteiger partial charge >= 0.3 is 0 Å². The lowest BCUT2D eigenvalue weighted by atomic mass is 9.96. The van der Waals surface area contributed by atoms with Crippen LogP contribution < -0.4 is 10.6 Å². The van der Waals surface area contributed by atoms with E-state index in [1.807, 2.05) is 19.1 Å². The summed E-state index contributed by atoms with van der Waals surface area (Å²) in [6.45, 7) is 3.59. The summed E-state index contributed by atoms with van der Waals surface area (Å²) < 4.78 is 4.80. The van der Waals surface area contributed by atoms with Crippen molar-refractivity contribution in [2.75, 3.05) is 44.5 Å². The minimum absolute atomic E-state index is 0.00512. The first kappa shape index (κ1) is 21.6. The van der Waals surface area contributed by atoms with Crippen molar-refractivity contribution in [2.45, 2.75) is 19.8 Å². The molecule has 1 saturated heterocycles. The Balaban J connectivity index is 0.00000105. The Kier molecular flexibility index (Phi) is 9.32. The van der Waals surface area contributed by atoms with Gasteiger partial charge in [0.05, 0.1) is 0 Å². The number of likely N-dealkylation sites (tertiary alicyclic amines) is 1. The summed E-state index contributed by atoms with van der Waals surface area (Å²) in [7, 11) is 3.55. The molecule has 2 rings (SSSR count). The lowest BCUT2D eigenvalue weighted by molar-refractivity contribution is -0.123. The molecule has 144 valence electrons. The number of nitrogens with zero attached hydrogens (tertiary/aromatic N) is 1. The van der Waals surface area contributed by atoms with Crippen LogP contribution in [0.1, 0.15) is 18.4 Å². The fourth-order valence-corrected chi connectivity index (χ4v) is 2.67. The third-order valence-corrected chi connectivity index (χ3v) is 4.14. The topological polar surface area (TPSA) is 108 Å². The third kappa shape index (κ3) is 7.20. The molecule has 3 N–H and O–H groups in total. The molecule has 8 heteroatoms. The van der Waals surface area contributed by atoms with Crippen LogP contribution in [-0.4, -0.2) is 62.1 Å². The summed E-state index contributed by atoms with van der Waals surface area (Å²) >= 11 is 0. The lowest BCUT2D eigenvalue weighted by Crippen LogP contribution is -2.36. The molecule has 1 fully saturated rings. The highest BCUT2D eigenvalue weighted by Crippen LogP contribution is 2.23. The van der Waals surface area contributed by atoms with Gasteiger partial charge < -0.3 is 25.4 Å². The SMILES string of the molecule is COCC(=O)Nc1ccc(C)c(NC(=O)C2CCN(C)CC2)c1.O=CO. The zero-order chi connectivity index (χ0) is 19.5. The summed E-state index contributed by atoms with van der Waals surface area (Å²) in [5, 5.41) is 12.6. The van der Waals surface area contributed by atoms with Crippen LogP contribution in [0.2, 0.25) is 0 Å². The molecule has 0 radical (unpaired) electrons. The van der Waals surface area contributed by atoms with Crippen LogP contribution in [0.5, 0.6) is 0 Å². The molecular weight excluding hydrogens is 338 g/mol. The van der Waals surface area contributed by atoms with E-state index < -0.39 is 0 Å². The van der Waals surface area contributed by atoms with E-state index in [1.54, 1.807) is 6.07 Å². The first-order chi connectivity index (χ1) is 12.4. The standard InChI is InChI=1S/C17H25N3O3.CH2O2/c1-12-4-5-14(18-16(21)11-23-3)10-15(12)19-17(22)13-6-8-20(2)9-7-13;2-1-3/h4-5,10,13H,6-9,11H2,1-3H3,(H,18,21)(H,19,22);1H,(H,2,3). The van der Waals surface area contributed by atoms with Crippen LogP contribution in [0.4, 0.5) is 11.4 Å². The maximum atomic E-state index is 12.4. The van der Waals surface area contributed by atoms with Gasteiger partial charge in [0.25, 0.3) is 6.47 Å². The normalized spacial score (nSPS) is 14.7. The lowest BCUT2D eigenvalue weighted by Gasteiger charge is -2.28. The number of piperidine rings is 1. The number of aryl methyl sites for hydroxylation is 1. The number of carbonyl (C=O) groups is 3. The van der Waals surface area contributed by atoms with Gasteiger partial charge in [-0.1, -0.05) is 6.07 Å². The van der Waals surface area contributed by atoms with Crippen LogP contribution in [-0.2, 0) is 19.1 Å². The molecule has 1 aliphatic rings. The van der Waals surface area contributed by atoms with E-state index >= 15 is 0 Å². The Bertz CT molecular complexity index is 613. The van der Waals surface area contributed by atoms with Gasteiger partial charge in [-0.2, -0.15) is 0 Å². The second kappa shape index (κ2) is 11.2. The average molecular weight is 365 g/mol. The summed E-state index contributed by atoms with van der Waals surface area (Å²) in [4.78, 5) is 34.6. The number of rotatable bonds is 5. The van der Waals surface area contributed by atoms with Crippen LogP contribution in [0.3, 0.4) is 0 Å². The fraction of sp³-hybridized carbons (Fsp3) is 0.500. The predicted molar refractivity (Wildman–Crippen MR) is 99.2 cm³/mol. The van der Waals surface area contributed by atoms with E-state index in [4.69, 9.17) is 14.6 Å². The van der Waals surface area contributed by atoms with Gasteiger partial charge in [-0.25, -0.2) is 0 Å². The van der Waals surface area contributed by atoms with Crippen molar-refractivity contribution in [1.29, 1.82) is 0 Å². The van der Waals surface area contributed by atoms with Crippen LogP contribution >= 0.6 is 0 Å². The average Bonchev–Trinajstić information content (AvgIpc) is 2.59. The molecule has 2 amide bonds. The first-order valence-corrected chi connectivity index (χ1v) is 8.38.